The van der Waals surface area contributed by atoms with Crippen LogP contribution in [0, 0.1) is 0 Å². The summed E-state index contributed by atoms with van der Waals surface area (Å²) in [6.45, 7) is 2.27. The van der Waals surface area contributed by atoms with Crippen molar-refractivity contribution in [3.05, 3.63) is 23.7 Å². The third-order valence-corrected chi connectivity index (χ3v) is 5.51. The molecule has 2 aliphatic carbocycles. The molecule has 0 spiro atoms. The fraction of sp³-hybridized carbons (Fsp3) is 0.733. The number of aryl methyl sites for hydroxylation is 1. The molecular weight excluding hydrogens is 242 g/mol. The van der Waals surface area contributed by atoms with E-state index < -0.39 is 0 Å². The SMILES string of the molecule is CCSC1CCC(NC2CCCc3occc32)C1. The molecule has 3 atom stereocenters. The average molecular weight is 265 g/mol. The summed E-state index contributed by atoms with van der Waals surface area (Å²) >= 11 is 2.13. The van der Waals surface area contributed by atoms with Crippen molar-refractivity contribution in [1.29, 1.82) is 0 Å². The van der Waals surface area contributed by atoms with E-state index in [0.717, 1.165) is 17.7 Å². The van der Waals surface area contributed by atoms with E-state index in [-0.39, 0.29) is 0 Å². The monoisotopic (exact) mass is 265 g/mol. The average Bonchev–Trinajstić information content (AvgIpc) is 2.99. The fourth-order valence-electron chi connectivity index (χ4n) is 3.42. The highest BCUT2D eigenvalue weighted by molar-refractivity contribution is 7.99. The van der Waals surface area contributed by atoms with Gasteiger partial charge in [-0.15, -0.1) is 0 Å². The molecule has 0 aliphatic heterocycles. The molecular formula is C15H23NOS. The van der Waals surface area contributed by atoms with Crippen LogP contribution in [0.5, 0.6) is 0 Å². The Bertz CT molecular complexity index is 390. The number of hydrogen-bond donors (Lipinski definition) is 1. The quantitative estimate of drug-likeness (QED) is 0.893. The van der Waals surface area contributed by atoms with Crippen LogP contribution in [0.3, 0.4) is 0 Å². The Hall–Kier alpha value is -0.410. The molecule has 0 bridgehead atoms. The van der Waals surface area contributed by atoms with E-state index >= 15 is 0 Å². The molecule has 2 aliphatic rings. The highest BCUT2D eigenvalue weighted by Gasteiger charge is 2.29. The highest BCUT2D eigenvalue weighted by Crippen LogP contribution is 2.35. The second kappa shape index (κ2) is 5.70. The molecule has 0 amide bonds. The van der Waals surface area contributed by atoms with Crippen molar-refractivity contribution in [2.75, 3.05) is 5.75 Å². The van der Waals surface area contributed by atoms with Gasteiger partial charge in [-0.3, -0.25) is 0 Å². The van der Waals surface area contributed by atoms with Crippen LogP contribution in [-0.4, -0.2) is 17.0 Å². The summed E-state index contributed by atoms with van der Waals surface area (Å²) in [5.74, 6) is 2.48. The lowest BCUT2D eigenvalue weighted by molar-refractivity contribution is 0.374. The predicted octanol–water partition coefficient (Wildman–Crippen LogP) is 3.92. The van der Waals surface area contributed by atoms with Crippen molar-refractivity contribution < 1.29 is 4.42 Å². The van der Waals surface area contributed by atoms with Gasteiger partial charge < -0.3 is 9.73 Å². The molecule has 3 unspecified atom stereocenters. The van der Waals surface area contributed by atoms with Gasteiger partial charge in [0.15, 0.2) is 0 Å². The van der Waals surface area contributed by atoms with E-state index in [0.29, 0.717) is 6.04 Å². The van der Waals surface area contributed by atoms with Crippen molar-refractivity contribution in [3.8, 4) is 0 Å². The van der Waals surface area contributed by atoms with Gasteiger partial charge in [0.2, 0.25) is 0 Å². The van der Waals surface area contributed by atoms with Gasteiger partial charge in [-0.2, -0.15) is 11.8 Å². The Morgan fingerprint density at radius 2 is 2.33 bits per heavy atom. The van der Waals surface area contributed by atoms with E-state index in [2.05, 4.69) is 30.1 Å². The van der Waals surface area contributed by atoms with Crippen molar-refractivity contribution in [3.63, 3.8) is 0 Å². The van der Waals surface area contributed by atoms with Gasteiger partial charge in [-0.25, -0.2) is 0 Å². The third-order valence-electron chi connectivity index (χ3n) is 4.28. The molecule has 0 radical (unpaired) electrons. The van der Waals surface area contributed by atoms with Gasteiger partial charge in [0.1, 0.15) is 5.76 Å². The van der Waals surface area contributed by atoms with Crippen LogP contribution in [0.4, 0.5) is 0 Å². The van der Waals surface area contributed by atoms with Gasteiger partial charge in [0, 0.05) is 29.3 Å². The Morgan fingerprint density at radius 3 is 3.22 bits per heavy atom. The maximum atomic E-state index is 5.57. The minimum atomic E-state index is 0.544. The van der Waals surface area contributed by atoms with Crippen molar-refractivity contribution in [1.82, 2.24) is 5.32 Å². The first kappa shape index (κ1) is 12.6. The molecule has 18 heavy (non-hydrogen) atoms. The molecule has 0 saturated heterocycles. The van der Waals surface area contributed by atoms with E-state index in [9.17, 15) is 0 Å². The Morgan fingerprint density at radius 1 is 1.39 bits per heavy atom. The van der Waals surface area contributed by atoms with Crippen LogP contribution in [-0.2, 0) is 6.42 Å². The minimum absolute atomic E-state index is 0.544. The highest BCUT2D eigenvalue weighted by atomic mass is 32.2. The molecule has 1 aromatic rings. The van der Waals surface area contributed by atoms with Crippen molar-refractivity contribution >= 4 is 11.8 Å². The van der Waals surface area contributed by atoms with Gasteiger partial charge in [0.05, 0.1) is 6.26 Å². The van der Waals surface area contributed by atoms with Crippen LogP contribution in [0.1, 0.15) is 56.4 Å². The molecule has 1 aromatic heterocycles. The second-order valence-corrected chi connectivity index (χ2v) is 7.08. The Kier molecular flexibility index (Phi) is 4.00. The summed E-state index contributed by atoms with van der Waals surface area (Å²) in [5.41, 5.74) is 1.42. The van der Waals surface area contributed by atoms with Crippen LogP contribution in [0.2, 0.25) is 0 Å². The zero-order valence-electron chi connectivity index (χ0n) is 11.2. The Balaban J connectivity index is 1.59. The standard InChI is InChI=1S/C15H23NOS/c1-2-18-12-7-6-11(10-12)16-14-4-3-5-15-13(14)8-9-17-15/h8-9,11-12,14,16H,2-7,10H2,1H3. The number of rotatable bonds is 4. The van der Waals surface area contributed by atoms with Crippen LogP contribution in [0.15, 0.2) is 16.7 Å². The molecule has 1 heterocycles. The lowest BCUT2D eigenvalue weighted by Crippen LogP contribution is -2.32. The molecule has 1 saturated carbocycles. The second-order valence-electron chi connectivity index (χ2n) is 5.50. The molecule has 100 valence electrons. The molecule has 1 fully saturated rings. The molecule has 0 aromatic carbocycles. The van der Waals surface area contributed by atoms with Gasteiger partial charge in [0.25, 0.3) is 0 Å². The normalized spacial score (nSPS) is 31.5. The van der Waals surface area contributed by atoms with Crippen molar-refractivity contribution in [2.45, 2.75) is 62.8 Å². The zero-order chi connectivity index (χ0) is 12.4. The Labute approximate surface area is 114 Å². The summed E-state index contributed by atoms with van der Waals surface area (Å²) in [7, 11) is 0. The van der Waals surface area contributed by atoms with Crippen LogP contribution in [0.25, 0.3) is 0 Å². The van der Waals surface area contributed by atoms with Crippen LogP contribution < -0.4 is 5.32 Å². The smallest absolute Gasteiger partial charge is 0.108 e. The number of nitrogens with one attached hydrogen (secondary N) is 1. The van der Waals surface area contributed by atoms with E-state index in [4.69, 9.17) is 4.42 Å². The zero-order valence-corrected chi connectivity index (χ0v) is 12.0. The lowest BCUT2D eigenvalue weighted by atomic mass is 9.93. The summed E-state index contributed by atoms with van der Waals surface area (Å²) in [6, 6.07) is 3.43. The number of fused-ring (bicyclic) bond motifs is 1. The number of thioether (sulfide) groups is 1. The van der Waals surface area contributed by atoms with Gasteiger partial charge in [-0.1, -0.05) is 6.92 Å². The maximum absolute atomic E-state index is 5.57. The summed E-state index contributed by atoms with van der Waals surface area (Å²) in [4.78, 5) is 0. The molecule has 2 nitrogen and oxygen atoms in total. The first-order valence-corrected chi connectivity index (χ1v) is 8.35. The first-order chi connectivity index (χ1) is 8.86. The number of hydrogen-bond acceptors (Lipinski definition) is 3. The molecule has 1 N–H and O–H groups in total. The lowest BCUT2D eigenvalue weighted by Gasteiger charge is -2.26. The summed E-state index contributed by atoms with van der Waals surface area (Å²) < 4.78 is 5.57. The predicted molar refractivity (Wildman–Crippen MR) is 77.1 cm³/mol. The topological polar surface area (TPSA) is 25.2 Å². The summed E-state index contributed by atoms with van der Waals surface area (Å²) in [6.07, 6.45) is 9.60. The maximum Gasteiger partial charge on any atom is 0.108 e. The summed E-state index contributed by atoms with van der Waals surface area (Å²) in [5, 5.41) is 4.76. The number of furan rings is 1. The first-order valence-electron chi connectivity index (χ1n) is 7.30. The molecule has 3 rings (SSSR count). The van der Waals surface area contributed by atoms with Gasteiger partial charge in [-0.05, 0) is 43.9 Å². The van der Waals surface area contributed by atoms with Crippen molar-refractivity contribution in [2.24, 2.45) is 0 Å². The largest absolute Gasteiger partial charge is 0.469 e. The van der Waals surface area contributed by atoms with E-state index in [1.54, 1.807) is 0 Å². The minimum Gasteiger partial charge on any atom is -0.469 e. The van der Waals surface area contributed by atoms with Crippen LogP contribution >= 0.6 is 11.8 Å². The molecule has 3 heteroatoms. The fourth-order valence-corrected chi connectivity index (χ4v) is 4.57. The van der Waals surface area contributed by atoms with E-state index in [1.165, 1.54) is 49.2 Å². The van der Waals surface area contributed by atoms with E-state index in [1.807, 2.05) is 6.26 Å². The van der Waals surface area contributed by atoms with Gasteiger partial charge >= 0.3 is 0 Å². The third kappa shape index (κ3) is 2.62.